The standard InChI is InChI=1S/C57H106O5/c1-4-7-10-13-16-19-22-24-26-28-29-30-31-33-36-38-41-44-47-50-56(58)61-54-55(62-57(59)51-48-45-42-39-35-21-18-15-12-9-6-3)53-60-52-49-46-43-40-37-34-32-27-25-23-20-17-14-11-8-5-2/h15,17-18,20,25,27,55H,4-14,16,19,21-24,26,28-54H2,1-3H3/b18-15-,20-17-,27-25-. The van der Waals surface area contributed by atoms with Crippen LogP contribution < -0.4 is 0 Å². The first-order valence-corrected chi connectivity index (χ1v) is 27.5. The molecule has 0 aromatic carbocycles. The third-order valence-corrected chi connectivity index (χ3v) is 12.1. The summed E-state index contributed by atoms with van der Waals surface area (Å²) in [6.07, 6.45) is 64.5. The molecule has 0 rings (SSSR count). The van der Waals surface area contributed by atoms with Gasteiger partial charge in [-0.15, -0.1) is 0 Å². The molecule has 5 heteroatoms. The lowest BCUT2D eigenvalue weighted by molar-refractivity contribution is -0.163. The highest BCUT2D eigenvalue weighted by Crippen LogP contribution is 2.16. The van der Waals surface area contributed by atoms with Crippen molar-refractivity contribution >= 4 is 11.9 Å². The third-order valence-electron chi connectivity index (χ3n) is 12.1. The second-order valence-electron chi connectivity index (χ2n) is 18.5. The Bertz CT molecular complexity index is 986. The van der Waals surface area contributed by atoms with Crippen LogP contribution >= 0.6 is 0 Å². The Kier molecular flexibility index (Phi) is 51.8. The van der Waals surface area contributed by atoms with Crippen molar-refractivity contribution in [3.05, 3.63) is 36.5 Å². The van der Waals surface area contributed by atoms with Crippen molar-refractivity contribution in [2.24, 2.45) is 0 Å². The zero-order valence-electron chi connectivity index (χ0n) is 41.9. The second-order valence-corrected chi connectivity index (χ2v) is 18.5. The Labute approximate surface area is 387 Å². The van der Waals surface area contributed by atoms with Gasteiger partial charge in [0.25, 0.3) is 0 Å². The highest BCUT2D eigenvalue weighted by Gasteiger charge is 2.17. The molecule has 0 saturated heterocycles. The molecule has 364 valence electrons. The van der Waals surface area contributed by atoms with Crippen molar-refractivity contribution in [1.29, 1.82) is 0 Å². The van der Waals surface area contributed by atoms with E-state index < -0.39 is 6.10 Å². The molecular formula is C57H106O5. The van der Waals surface area contributed by atoms with Crippen molar-refractivity contribution in [3.63, 3.8) is 0 Å². The summed E-state index contributed by atoms with van der Waals surface area (Å²) >= 11 is 0. The van der Waals surface area contributed by atoms with Crippen LogP contribution in [0.15, 0.2) is 36.5 Å². The van der Waals surface area contributed by atoms with Gasteiger partial charge in [0.05, 0.1) is 6.61 Å². The van der Waals surface area contributed by atoms with E-state index in [0.717, 1.165) is 57.8 Å². The largest absolute Gasteiger partial charge is 0.462 e. The van der Waals surface area contributed by atoms with E-state index in [-0.39, 0.29) is 25.2 Å². The molecule has 0 heterocycles. The zero-order chi connectivity index (χ0) is 44.9. The van der Waals surface area contributed by atoms with Crippen molar-refractivity contribution in [1.82, 2.24) is 0 Å². The summed E-state index contributed by atoms with van der Waals surface area (Å²) in [5.41, 5.74) is 0. The van der Waals surface area contributed by atoms with Crippen molar-refractivity contribution in [2.45, 2.75) is 297 Å². The second kappa shape index (κ2) is 53.5. The number of hydrogen-bond acceptors (Lipinski definition) is 5. The molecule has 0 amide bonds. The molecule has 0 aromatic heterocycles. The smallest absolute Gasteiger partial charge is 0.306 e. The number of unbranched alkanes of at least 4 members (excludes halogenated alkanes) is 34. The highest BCUT2D eigenvalue weighted by molar-refractivity contribution is 5.70. The van der Waals surface area contributed by atoms with Gasteiger partial charge < -0.3 is 14.2 Å². The average molecular weight is 871 g/mol. The average Bonchev–Trinajstić information content (AvgIpc) is 3.27. The molecule has 0 aliphatic carbocycles. The van der Waals surface area contributed by atoms with Gasteiger partial charge in [0.15, 0.2) is 6.10 Å². The number of carbonyl (C=O) groups is 2. The van der Waals surface area contributed by atoms with E-state index in [1.54, 1.807) is 0 Å². The molecular weight excluding hydrogens is 765 g/mol. The monoisotopic (exact) mass is 871 g/mol. The Hall–Kier alpha value is -1.88. The predicted octanol–water partition coefficient (Wildman–Crippen LogP) is 18.6. The number of allylic oxidation sites excluding steroid dienone is 6. The lowest BCUT2D eigenvalue weighted by Gasteiger charge is -2.18. The van der Waals surface area contributed by atoms with Crippen LogP contribution in [0, 0.1) is 0 Å². The molecule has 0 aliphatic heterocycles. The normalized spacial score (nSPS) is 12.4. The summed E-state index contributed by atoms with van der Waals surface area (Å²) in [6, 6.07) is 0. The molecule has 0 bridgehead atoms. The van der Waals surface area contributed by atoms with Crippen LogP contribution in [0.1, 0.15) is 290 Å². The maximum absolute atomic E-state index is 12.8. The maximum Gasteiger partial charge on any atom is 0.306 e. The van der Waals surface area contributed by atoms with Gasteiger partial charge in [0.1, 0.15) is 6.61 Å². The fraction of sp³-hybridized carbons (Fsp3) is 0.860. The molecule has 1 atom stereocenters. The first-order chi connectivity index (χ1) is 30.6. The lowest BCUT2D eigenvalue weighted by Crippen LogP contribution is -2.30. The van der Waals surface area contributed by atoms with Crippen LogP contribution in [0.3, 0.4) is 0 Å². The molecule has 0 spiro atoms. The molecule has 5 nitrogen and oxygen atoms in total. The Morgan fingerprint density at radius 3 is 1.16 bits per heavy atom. The fourth-order valence-electron chi connectivity index (χ4n) is 7.99. The summed E-state index contributed by atoms with van der Waals surface area (Å²) in [5, 5.41) is 0. The summed E-state index contributed by atoms with van der Waals surface area (Å²) in [4.78, 5) is 25.4. The molecule has 0 saturated carbocycles. The van der Waals surface area contributed by atoms with Crippen LogP contribution in [-0.2, 0) is 23.8 Å². The summed E-state index contributed by atoms with van der Waals surface area (Å²) in [6.45, 7) is 7.78. The fourth-order valence-corrected chi connectivity index (χ4v) is 7.99. The number of rotatable bonds is 51. The summed E-state index contributed by atoms with van der Waals surface area (Å²) in [5.74, 6) is -0.399. The van der Waals surface area contributed by atoms with Gasteiger partial charge in [-0.2, -0.15) is 0 Å². The first-order valence-electron chi connectivity index (χ1n) is 27.5. The summed E-state index contributed by atoms with van der Waals surface area (Å²) in [7, 11) is 0. The number of hydrogen-bond donors (Lipinski definition) is 0. The van der Waals surface area contributed by atoms with Gasteiger partial charge in [-0.25, -0.2) is 0 Å². The predicted molar refractivity (Wildman–Crippen MR) is 270 cm³/mol. The van der Waals surface area contributed by atoms with E-state index in [2.05, 4.69) is 57.2 Å². The Morgan fingerprint density at radius 2 is 0.694 bits per heavy atom. The minimum Gasteiger partial charge on any atom is -0.462 e. The molecule has 0 radical (unpaired) electrons. The third kappa shape index (κ3) is 50.8. The first kappa shape index (κ1) is 60.1. The minimum atomic E-state index is -0.541. The van der Waals surface area contributed by atoms with Crippen LogP contribution in [0.2, 0.25) is 0 Å². The zero-order valence-corrected chi connectivity index (χ0v) is 41.9. The van der Waals surface area contributed by atoms with E-state index in [1.165, 1.54) is 199 Å². The SMILES string of the molecule is CCCC/C=C\CCCCCCCC(=O)OC(COCCCCCCCC/C=C\C/C=C\CCCCC)COC(=O)CCCCCCCCCCCCCCCCCCCCC. The molecule has 0 N–H and O–H groups in total. The lowest BCUT2D eigenvalue weighted by atomic mass is 10.0. The van der Waals surface area contributed by atoms with Crippen LogP contribution in [0.5, 0.6) is 0 Å². The Balaban J connectivity index is 4.18. The molecule has 0 aromatic rings. The minimum absolute atomic E-state index is 0.0825. The quantitative estimate of drug-likeness (QED) is 0.0346. The van der Waals surface area contributed by atoms with Crippen LogP contribution in [-0.4, -0.2) is 37.9 Å². The number of carbonyl (C=O) groups excluding carboxylic acids is 2. The van der Waals surface area contributed by atoms with Gasteiger partial charge in [-0.1, -0.05) is 243 Å². The van der Waals surface area contributed by atoms with E-state index in [0.29, 0.717) is 19.4 Å². The molecule has 0 aliphatic rings. The van der Waals surface area contributed by atoms with Crippen molar-refractivity contribution in [2.75, 3.05) is 19.8 Å². The Morgan fingerprint density at radius 1 is 0.355 bits per heavy atom. The molecule has 62 heavy (non-hydrogen) atoms. The van der Waals surface area contributed by atoms with Crippen molar-refractivity contribution < 1.29 is 23.8 Å². The van der Waals surface area contributed by atoms with E-state index in [4.69, 9.17) is 14.2 Å². The van der Waals surface area contributed by atoms with Gasteiger partial charge in [-0.05, 0) is 70.6 Å². The van der Waals surface area contributed by atoms with Gasteiger partial charge in [0.2, 0.25) is 0 Å². The van der Waals surface area contributed by atoms with Crippen molar-refractivity contribution in [3.8, 4) is 0 Å². The van der Waals surface area contributed by atoms with Crippen LogP contribution in [0.4, 0.5) is 0 Å². The van der Waals surface area contributed by atoms with Gasteiger partial charge in [0, 0.05) is 19.4 Å². The van der Waals surface area contributed by atoms with Gasteiger partial charge >= 0.3 is 11.9 Å². The summed E-state index contributed by atoms with van der Waals surface area (Å²) < 4.78 is 17.4. The number of esters is 2. The van der Waals surface area contributed by atoms with E-state index in [1.807, 2.05) is 0 Å². The molecule has 1 unspecified atom stereocenters. The van der Waals surface area contributed by atoms with Gasteiger partial charge in [-0.3, -0.25) is 9.59 Å². The van der Waals surface area contributed by atoms with Crippen LogP contribution in [0.25, 0.3) is 0 Å². The maximum atomic E-state index is 12.8. The topological polar surface area (TPSA) is 61.8 Å². The highest BCUT2D eigenvalue weighted by atomic mass is 16.6. The number of ether oxygens (including phenoxy) is 3. The van der Waals surface area contributed by atoms with E-state index in [9.17, 15) is 9.59 Å². The molecule has 0 fully saturated rings. The van der Waals surface area contributed by atoms with E-state index >= 15 is 0 Å².